The topological polar surface area (TPSA) is 69.0 Å². The van der Waals surface area contributed by atoms with Gasteiger partial charge in [0.05, 0.1) is 17.5 Å². The van der Waals surface area contributed by atoms with E-state index < -0.39 is 8.32 Å². The Balaban J connectivity index is 1.39. The first kappa shape index (κ1) is 24.2. The summed E-state index contributed by atoms with van der Waals surface area (Å²) in [4.78, 5) is 20.8. The number of carbonyl (C=O) groups excluding carboxylic acids is 1. The van der Waals surface area contributed by atoms with Crippen molar-refractivity contribution in [1.82, 2.24) is 14.5 Å². The Bertz CT molecular complexity index is 1220. The van der Waals surface area contributed by atoms with E-state index in [9.17, 15) is 4.79 Å². The molecule has 1 aromatic carbocycles. The standard InChI is InChI=1S/C28H38N4O2Si/c1-28(2,3)35(4,5)34-25-17-21(16-20(25)13-15-33)32-14-12-23-26(29-18-30-27(23)32)31-24-11-10-19-8-6-7-9-22(19)24/h6-9,12,14-15,18,20-21,24-25H,10-11,13,16-17H2,1-5H3,(H,29,30,31)/t20-,21-,24+,25-/m1/s1. The van der Waals surface area contributed by atoms with E-state index in [0.29, 0.717) is 6.42 Å². The number of aromatic nitrogens is 3. The number of hydrogen-bond donors (Lipinski definition) is 1. The predicted molar refractivity (Wildman–Crippen MR) is 143 cm³/mol. The number of anilines is 1. The third-order valence-corrected chi connectivity index (χ3v) is 13.1. The van der Waals surface area contributed by atoms with E-state index in [1.54, 1.807) is 6.33 Å². The molecule has 2 aliphatic carbocycles. The molecule has 2 aromatic heterocycles. The van der Waals surface area contributed by atoms with Gasteiger partial charge >= 0.3 is 0 Å². The fourth-order valence-electron chi connectivity index (χ4n) is 5.61. The molecular weight excluding hydrogens is 452 g/mol. The van der Waals surface area contributed by atoms with Crippen molar-refractivity contribution in [3.63, 3.8) is 0 Å². The van der Waals surface area contributed by atoms with Crippen molar-refractivity contribution in [2.45, 2.75) is 89.2 Å². The number of rotatable bonds is 7. The smallest absolute Gasteiger partial charge is 0.192 e. The van der Waals surface area contributed by atoms with Crippen molar-refractivity contribution in [3.05, 3.63) is 54.0 Å². The third-order valence-electron chi connectivity index (χ3n) is 8.60. The number of benzene rings is 1. The van der Waals surface area contributed by atoms with Crippen molar-refractivity contribution in [3.8, 4) is 0 Å². The Labute approximate surface area is 209 Å². The SMILES string of the molecule is CC(C)(C)[Si](C)(C)O[C@@H]1C[C@H](n2ccc3c(N[C@H]4CCc5ccccc54)ncnc32)C[C@H]1CC=O. The molecule has 4 atom stereocenters. The molecule has 2 aliphatic rings. The van der Waals surface area contributed by atoms with Crippen LogP contribution in [-0.4, -0.2) is 35.2 Å². The molecule has 2 heterocycles. The average Bonchev–Trinajstić information content (AvgIpc) is 3.51. The molecule has 0 aliphatic heterocycles. The molecule has 6 nitrogen and oxygen atoms in total. The molecule has 0 unspecified atom stereocenters. The molecule has 1 saturated carbocycles. The van der Waals surface area contributed by atoms with E-state index in [0.717, 1.165) is 48.8 Å². The van der Waals surface area contributed by atoms with E-state index in [-0.39, 0.29) is 29.1 Å². The van der Waals surface area contributed by atoms with Crippen LogP contribution in [0.4, 0.5) is 5.82 Å². The number of hydrogen-bond acceptors (Lipinski definition) is 5. The van der Waals surface area contributed by atoms with Crippen LogP contribution < -0.4 is 5.32 Å². The molecule has 1 fully saturated rings. The van der Waals surface area contributed by atoms with Crippen LogP contribution in [0, 0.1) is 5.92 Å². The lowest BCUT2D eigenvalue weighted by molar-refractivity contribution is -0.109. The molecule has 3 aromatic rings. The van der Waals surface area contributed by atoms with Crippen LogP contribution in [0.25, 0.3) is 11.0 Å². The Morgan fingerprint density at radius 2 is 1.97 bits per heavy atom. The van der Waals surface area contributed by atoms with E-state index in [4.69, 9.17) is 4.43 Å². The number of nitrogens with zero attached hydrogens (tertiary/aromatic N) is 3. The molecule has 7 heteroatoms. The third kappa shape index (κ3) is 4.56. The number of aldehydes is 1. The monoisotopic (exact) mass is 490 g/mol. The van der Waals surface area contributed by atoms with Crippen molar-refractivity contribution in [2.24, 2.45) is 5.92 Å². The van der Waals surface area contributed by atoms with Crippen molar-refractivity contribution < 1.29 is 9.22 Å². The summed E-state index contributed by atoms with van der Waals surface area (Å²) in [5.74, 6) is 1.14. The second-order valence-electron chi connectivity index (χ2n) is 11.8. The lowest BCUT2D eigenvalue weighted by atomic mass is 10.0. The summed E-state index contributed by atoms with van der Waals surface area (Å²) in [6.07, 6.45) is 9.56. The molecule has 0 radical (unpaired) electrons. The van der Waals surface area contributed by atoms with Crippen LogP contribution in [0.1, 0.15) is 69.7 Å². The van der Waals surface area contributed by atoms with Gasteiger partial charge in [-0.3, -0.25) is 0 Å². The van der Waals surface area contributed by atoms with Gasteiger partial charge < -0.3 is 19.1 Å². The highest BCUT2D eigenvalue weighted by Gasteiger charge is 2.44. The van der Waals surface area contributed by atoms with Crippen molar-refractivity contribution in [1.29, 1.82) is 0 Å². The largest absolute Gasteiger partial charge is 0.414 e. The van der Waals surface area contributed by atoms with Crippen LogP contribution in [-0.2, 0) is 15.6 Å². The summed E-state index contributed by atoms with van der Waals surface area (Å²) >= 11 is 0. The molecular formula is C28H38N4O2Si. The van der Waals surface area contributed by atoms with Crippen LogP contribution in [0.15, 0.2) is 42.9 Å². The maximum atomic E-state index is 11.5. The van der Waals surface area contributed by atoms with Gasteiger partial charge in [0.2, 0.25) is 0 Å². The first-order valence-corrected chi connectivity index (χ1v) is 15.9. The predicted octanol–water partition coefficient (Wildman–Crippen LogP) is 6.46. The van der Waals surface area contributed by atoms with Gasteiger partial charge in [-0.15, -0.1) is 0 Å². The zero-order valence-electron chi connectivity index (χ0n) is 21.6. The minimum atomic E-state index is -1.93. The van der Waals surface area contributed by atoms with Crippen molar-refractivity contribution in [2.75, 3.05) is 5.32 Å². The molecule has 0 amide bonds. The number of carbonyl (C=O) groups is 1. The molecule has 0 bridgehead atoms. The highest BCUT2D eigenvalue weighted by Crippen LogP contribution is 2.45. The molecule has 186 valence electrons. The van der Waals surface area contributed by atoms with Gasteiger partial charge in [-0.05, 0) is 66.9 Å². The molecule has 5 rings (SSSR count). The Morgan fingerprint density at radius 1 is 1.17 bits per heavy atom. The number of fused-ring (bicyclic) bond motifs is 2. The summed E-state index contributed by atoms with van der Waals surface area (Å²) < 4.78 is 9.13. The number of nitrogens with one attached hydrogen (secondary N) is 1. The highest BCUT2D eigenvalue weighted by atomic mass is 28.4. The van der Waals surface area contributed by atoms with Gasteiger partial charge in [0.15, 0.2) is 8.32 Å². The maximum Gasteiger partial charge on any atom is 0.192 e. The van der Waals surface area contributed by atoms with E-state index >= 15 is 0 Å². The molecule has 1 N–H and O–H groups in total. The second-order valence-corrected chi connectivity index (χ2v) is 16.6. The maximum absolute atomic E-state index is 11.5. The summed E-state index contributed by atoms with van der Waals surface area (Å²) in [5, 5.41) is 4.90. The highest BCUT2D eigenvalue weighted by molar-refractivity contribution is 6.74. The Morgan fingerprint density at radius 3 is 2.74 bits per heavy atom. The summed E-state index contributed by atoms with van der Waals surface area (Å²) in [5.41, 5.74) is 3.75. The van der Waals surface area contributed by atoms with Crippen molar-refractivity contribution >= 4 is 31.5 Å². The average molecular weight is 491 g/mol. The quantitative estimate of drug-likeness (QED) is 0.304. The zero-order chi connectivity index (χ0) is 24.8. The molecule has 0 saturated heterocycles. The van der Waals surface area contributed by atoms with Crippen LogP contribution >= 0.6 is 0 Å². The van der Waals surface area contributed by atoms with Gasteiger partial charge in [-0.1, -0.05) is 45.0 Å². The van der Waals surface area contributed by atoms with Gasteiger partial charge in [0, 0.05) is 18.7 Å². The Hall–Kier alpha value is -2.51. The zero-order valence-corrected chi connectivity index (χ0v) is 22.6. The van der Waals surface area contributed by atoms with Crippen LogP contribution in [0.5, 0.6) is 0 Å². The fraction of sp³-hybridized carbons (Fsp3) is 0.536. The van der Waals surface area contributed by atoms with Crippen LogP contribution in [0.2, 0.25) is 18.1 Å². The van der Waals surface area contributed by atoms with Gasteiger partial charge in [-0.2, -0.15) is 0 Å². The first-order chi connectivity index (χ1) is 16.7. The second kappa shape index (κ2) is 9.17. The first-order valence-electron chi connectivity index (χ1n) is 13.0. The lowest BCUT2D eigenvalue weighted by Gasteiger charge is -2.39. The van der Waals surface area contributed by atoms with Gasteiger partial charge in [0.25, 0.3) is 0 Å². The molecule has 35 heavy (non-hydrogen) atoms. The summed E-state index contributed by atoms with van der Waals surface area (Å²) in [7, 11) is -1.93. The van der Waals surface area contributed by atoms with Crippen LogP contribution in [0.3, 0.4) is 0 Å². The summed E-state index contributed by atoms with van der Waals surface area (Å²) in [6, 6.07) is 11.4. The minimum absolute atomic E-state index is 0.109. The number of aryl methyl sites for hydroxylation is 1. The summed E-state index contributed by atoms with van der Waals surface area (Å²) in [6.45, 7) is 11.4. The van der Waals surface area contributed by atoms with Gasteiger partial charge in [0.1, 0.15) is 24.1 Å². The Kier molecular flexibility index (Phi) is 6.34. The van der Waals surface area contributed by atoms with E-state index in [1.165, 1.54) is 11.1 Å². The minimum Gasteiger partial charge on any atom is -0.414 e. The lowest BCUT2D eigenvalue weighted by Crippen LogP contribution is -2.44. The fourth-order valence-corrected chi connectivity index (χ4v) is 7.01. The van der Waals surface area contributed by atoms with E-state index in [1.807, 2.05) is 0 Å². The van der Waals surface area contributed by atoms with Gasteiger partial charge in [-0.25, -0.2) is 9.97 Å². The normalized spacial score (nSPS) is 24.6. The molecule has 0 spiro atoms. The van der Waals surface area contributed by atoms with E-state index in [2.05, 4.69) is 90.2 Å².